The summed E-state index contributed by atoms with van der Waals surface area (Å²) in [5.41, 5.74) is 0.254. The highest BCUT2D eigenvalue weighted by Crippen LogP contribution is 2.33. The number of fused-ring (bicyclic) bond motifs is 1. The van der Waals surface area contributed by atoms with Crippen molar-refractivity contribution in [3.05, 3.63) is 41.4 Å². The van der Waals surface area contributed by atoms with Gasteiger partial charge in [0.15, 0.2) is 5.65 Å². The van der Waals surface area contributed by atoms with Crippen LogP contribution in [0, 0.1) is 12.8 Å². The van der Waals surface area contributed by atoms with Gasteiger partial charge in [-0.25, -0.2) is 9.50 Å². The molecule has 8 heteroatoms. The van der Waals surface area contributed by atoms with Gasteiger partial charge in [0.1, 0.15) is 5.69 Å². The first-order chi connectivity index (χ1) is 13.3. The van der Waals surface area contributed by atoms with E-state index in [1.54, 1.807) is 13.0 Å². The first-order valence-corrected chi connectivity index (χ1v) is 9.71. The summed E-state index contributed by atoms with van der Waals surface area (Å²) in [5, 5.41) is 4.24. The second-order valence-electron chi connectivity index (χ2n) is 7.72. The number of allylic oxidation sites excluding steroid dienone is 2. The van der Waals surface area contributed by atoms with Gasteiger partial charge in [0, 0.05) is 36.7 Å². The van der Waals surface area contributed by atoms with Crippen LogP contribution in [0.15, 0.2) is 24.3 Å². The normalized spacial score (nSPS) is 23.4. The Morgan fingerprint density at radius 1 is 1.21 bits per heavy atom. The number of carbonyl (C=O) groups excluding carboxylic acids is 1. The second kappa shape index (κ2) is 7.22. The lowest BCUT2D eigenvalue weighted by atomic mass is 9.90. The zero-order valence-corrected chi connectivity index (χ0v) is 15.7. The van der Waals surface area contributed by atoms with E-state index in [2.05, 4.69) is 22.2 Å². The van der Waals surface area contributed by atoms with E-state index in [0.717, 1.165) is 42.7 Å². The molecule has 0 unspecified atom stereocenters. The van der Waals surface area contributed by atoms with Crippen LogP contribution in [0.4, 0.5) is 13.2 Å². The number of hydrogen-bond acceptors (Lipinski definition) is 3. The Hall–Kier alpha value is -2.38. The minimum absolute atomic E-state index is 0.0194. The van der Waals surface area contributed by atoms with Crippen LogP contribution in [0.3, 0.4) is 0 Å². The van der Waals surface area contributed by atoms with Gasteiger partial charge in [-0.05, 0) is 45.1 Å². The Morgan fingerprint density at radius 2 is 2.04 bits per heavy atom. The average Bonchev–Trinajstić information content (AvgIpc) is 3.10. The molecule has 0 spiro atoms. The fourth-order valence-electron chi connectivity index (χ4n) is 4.21. The molecule has 0 bridgehead atoms. The molecule has 2 atom stereocenters. The van der Waals surface area contributed by atoms with Crippen LogP contribution in [-0.2, 0) is 11.0 Å². The minimum Gasteiger partial charge on any atom is -0.342 e. The van der Waals surface area contributed by atoms with Crippen molar-refractivity contribution in [3.63, 3.8) is 0 Å². The van der Waals surface area contributed by atoms with Gasteiger partial charge < -0.3 is 4.90 Å². The molecule has 150 valence electrons. The topological polar surface area (TPSA) is 50.5 Å². The highest BCUT2D eigenvalue weighted by Gasteiger charge is 2.36. The number of rotatable bonds is 2. The molecule has 0 radical (unpaired) electrons. The van der Waals surface area contributed by atoms with Crippen LogP contribution < -0.4 is 0 Å². The van der Waals surface area contributed by atoms with E-state index < -0.39 is 11.9 Å². The number of piperidine rings is 1. The molecule has 1 amide bonds. The number of likely N-dealkylation sites (tertiary alicyclic amines) is 1. The number of aromatic nitrogens is 3. The molecule has 0 N–H and O–H groups in total. The Bertz CT molecular complexity index is 918. The first-order valence-electron chi connectivity index (χ1n) is 9.71. The Balaban J connectivity index is 1.59. The molecule has 4 rings (SSSR count). The van der Waals surface area contributed by atoms with E-state index >= 15 is 0 Å². The van der Waals surface area contributed by atoms with Crippen LogP contribution >= 0.6 is 0 Å². The smallest absolute Gasteiger partial charge is 0.342 e. The molecule has 2 aliphatic rings. The number of halogens is 3. The summed E-state index contributed by atoms with van der Waals surface area (Å²) >= 11 is 0. The van der Waals surface area contributed by atoms with Crippen molar-refractivity contribution in [2.24, 2.45) is 5.92 Å². The summed E-state index contributed by atoms with van der Waals surface area (Å²) in [7, 11) is 0. The molecule has 28 heavy (non-hydrogen) atoms. The molecule has 0 saturated carbocycles. The van der Waals surface area contributed by atoms with Crippen molar-refractivity contribution in [1.82, 2.24) is 19.5 Å². The lowest BCUT2D eigenvalue weighted by molar-refractivity contribution is -0.142. The summed E-state index contributed by atoms with van der Waals surface area (Å²) in [4.78, 5) is 18.9. The van der Waals surface area contributed by atoms with Gasteiger partial charge in [0.2, 0.25) is 5.91 Å². The molecular weight excluding hydrogens is 369 g/mol. The van der Waals surface area contributed by atoms with Crippen LogP contribution in [0.25, 0.3) is 5.65 Å². The monoisotopic (exact) mass is 392 g/mol. The molecule has 2 aromatic rings. The quantitative estimate of drug-likeness (QED) is 0.723. The molecule has 0 aromatic carbocycles. The van der Waals surface area contributed by atoms with E-state index in [1.165, 1.54) is 0 Å². The number of hydrogen-bond donors (Lipinski definition) is 0. The van der Waals surface area contributed by atoms with Crippen molar-refractivity contribution in [1.29, 1.82) is 0 Å². The number of aryl methyl sites for hydroxylation is 1. The molecular formula is C20H23F3N4O. The maximum Gasteiger partial charge on any atom is 0.433 e. The fraction of sp³-hybridized carbons (Fsp3) is 0.550. The molecule has 2 aromatic heterocycles. The maximum absolute atomic E-state index is 13.4. The van der Waals surface area contributed by atoms with Gasteiger partial charge in [-0.2, -0.15) is 18.3 Å². The van der Waals surface area contributed by atoms with Crippen molar-refractivity contribution in [2.75, 3.05) is 13.1 Å². The Morgan fingerprint density at radius 3 is 2.75 bits per heavy atom. The third kappa shape index (κ3) is 3.64. The number of alkyl halides is 3. The van der Waals surface area contributed by atoms with Gasteiger partial charge >= 0.3 is 6.18 Å². The third-order valence-electron chi connectivity index (χ3n) is 5.63. The summed E-state index contributed by atoms with van der Waals surface area (Å²) in [5.74, 6) is 0.105. The predicted molar refractivity (Wildman–Crippen MR) is 97.8 cm³/mol. The van der Waals surface area contributed by atoms with Gasteiger partial charge in [0.25, 0.3) is 0 Å². The van der Waals surface area contributed by atoms with Gasteiger partial charge in [-0.15, -0.1) is 0 Å². The number of carbonyl (C=O) groups is 1. The lowest BCUT2D eigenvalue weighted by Crippen LogP contribution is -2.42. The summed E-state index contributed by atoms with van der Waals surface area (Å²) in [6.07, 6.45) is 3.85. The van der Waals surface area contributed by atoms with E-state index in [9.17, 15) is 18.0 Å². The summed E-state index contributed by atoms with van der Waals surface area (Å²) in [6.45, 7) is 2.75. The third-order valence-corrected chi connectivity index (χ3v) is 5.63. The van der Waals surface area contributed by atoms with Crippen molar-refractivity contribution >= 4 is 11.6 Å². The van der Waals surface area contributed by atoms with Gasteiger partial charge in [0.05, 0.1) is 5.69 Å². The summed E-state index contributed by atoms with van der Waals surface area (Å²) in [6, 6.07) is 2.64. The first kappa shape index (κ1) is 19.0. The predicted octanol–water partition coefficient (Wildman–Crippen LogP) is 4.12. The molecule has 5 nitrogen and oxygen atoms in total. The van der Waals surface area contributed by atoms with E-state index in [4.69, 9.17) is 0 Å². The SMILES string of the molecule is Cc1cc(C(F)(F)F)n2nc([C@H]3CCCN(C(=O)[C@@H]4CC=CCC4)C3)cc2n1. The van der Waals surface area contributed by atoms with E-state index in [-0.39, 0.29) is 23.4 Å². The Kier molecular flexibility index (Phi) is 4.89. The molecule has 1 aliphatic heterocycles. The van der Waals surface area contributed by atoms with Crippen LogP contribution in [0.1, 0.15) is 55.1 Å². The standard InChI is InChI=1S/C20H23F3N4O/c1-13-10-17(20(21,22)23)27-18(24-13)11-16(25-27)15-8-5-9-26(12-15)19(28)14-6-3-2-4-7-14/h2-3,10-11,14-15H,4-9,12H2,1H3/t14-,15+/m1/s1. The van der Waals surface area contributed by atoms with Crippen molar-refractivity contribution in [2.45, 2.75) is 51.1 Å². The van der Waals surface area contributed by atoms with Crippen LogP contribution in [-0.4, -0.2) is 38.5 Å². The van der Waals surface area contributed by atoms with E-state index in [1.807, 2.05) is 4.90 Å². The zero-order chi connectivity index (χ0) is 19.9. The van der Waals surface area contributed by atoms with E-state index in [0.29, 0.717) is 24.5 Å². The lowest BCUT2D eigenvalue weighted by Gasteiger charge is -2.34. The zero-order valence-electron chi connectivity index (χ0n) is 15.7. The second-order valence-corrected chi connectivity index (χ2v) is 7.72. The minimum atomic E-state index is -4.50. The Labute approximate surface area is 161 Å². The van der Waals surface area contributed by atoms with Crippen molar-refractivity contribution < 1.29 is 18.0 Å². The maximum atomic E-state index is 13.4. The number of nitrogens with zero attached hydrogens (tertiary/aromatic N) is 4. The molecule has 1 saturated heterocycles. The highest BCUT2D eigenvalue weighted by atomic mass is 19.4. The summed E-state index contributed by atoms with van der Waals surface area (Å²) < 4.78 is 41.0. The fourth-order valence-corrected chi connectivity index (χ4v) is 4.21. The largest absolute Gasteiger partial charge is 0.433 e. The van der Waals surface area contributed by atoms with Crippen molar-refractivity contribution in [3.8, 4) is 0 Å². The van der Waals surface area contributed by atoms with Gasteiger partial charge in [-0.1, -0.05) is 12.2 Å². The van der Waals surface area contributed by atoms with Crippen LogP contribution in [0.5, 0.6) is 0 Å². The molecule has 1 fully saturated rings. The number of amides is 1. The average molecular weight is 392 g/mol. The van der Waals surface area contributed by atoms with Gasteiger partial charge in [-0.3, -0.25) is 4.79 Å². The highest BCUT2D eigenvalue weighted by molar-refractivity contribution is 5.79. The van der Waals surface area contributed by atoms with Crippen LogP contribution in [0.2, 0.25) is 0 Å². The molecule has 1 aliphatic carbocycles. The molecule has 3 heterocycles.